The second-order valence-electron chi connectivity index (χ2n) is 7.24. The number of anilines is 3. The van der Waals surface area contributed by atoms with Crippen molar-refractivity contribution >= 4 is 61.3 Å². The van der Waals surface area contributed by atoms with Crippen molar-refractivity contribution in [2.75, 3.05) is 10.7 Å². The highest BCUT2D eigenvalue weighted by molar-refractivity contribution is 9.10. The summed E-state index contributed by atoms with van der Waals surface area (Å²) in [5.41, 5.74) is 4.73. The standard InChI is InChI=1S/C21H17Br2N9O3/c1-11-7-12(2)31(30-11)21-27-19(25-16-5-3-14(22)4-6-16)26-20(28-21)29-24-10-13-8-15(23)9-17(18(13)33)32(34)35/h3-10,33H,1-2H3,(H2,25,26,27,28,29). The molecule has 0 aliphatic carbocycles. The molecule has 4 aromatic rings. The van der Waals surface area contributed by atoms with Crippen LogP contribution in [0.15, 0.2) is 56.5 Å². The van der Waals surface area contributed by atoms with Crippen LogP contribution >= 0.6 is 31.9 Å². The molecule has 0 atom stereocenters. The number of aromatic nitrogens is 5. The summed E-state index contributed by atoms with van der Waals surface area (Å²) in [6.07, 6.45) is 1.22. The van der Waals surface area contributed by atoms with Crippen molar-refractivity contribution in [3.8, 4) is 11.7 Å². The third kappa shape index (κ3) is 5.78. The van der Waals surface area contributed by atoms with E-state index in [-0.39, 0.29) is 23.4 Å². The molecule has 14 heteroatoms. The Kier molecular flexibility index (Phi) is 7.02. The van der Waals surface area contributed by atoms with Gasteiger partial charge in [-0.2, -0.15) is 25.2 Å². The predicted octanol–water partition coefficient (Wildman–Crippen LogP) is 5.00. The summed E-state index contributed by atoms with van der Waals surface area (Å²) in [7, 11) is 0. The van der Waals surface area contributed by atoms with Gasteiger partial charge in [-0.15, -0.1) is 0 Å². The molecule has 3 N–H and O–H groups in total. The highest BCUT2D eigenvalue weighted by atomic mass is 79.9. The molecular weight excluding hydrogens is 586 g/mol. The number of rotatable bonds is 7. The average molecular weight is 603 g/mol. The van der Waals surface area contributed by atoms with Gasteiger partial charge in [-0.1, -0.05) is 31.9 Å². The fourth-order valence-electron chi connectivity index (χ4n) is 3.06. The van der Waals surface area contributed by atoms with Crippen molar-refractivity contribution in [2.45, 2.75) is 13.8 Å². The second kappa shape index (κ2) is 10.1. The first-order chi connectivity index (χ1) is 16.7. The number of hydrogen-bond donors (Lipinski definition) is 3. The van der Waals surface area contributed by atoms with E-state index in [4.69, 9.17) is 0 Å². The number of phenolic OH excluding ortho intramolecular Hbond substituents is 1. The average Bonchev–Trinajstić information content (AvgIpc) is 3.15. The number of aryl methyl sites for hydroxylation is 2. The molecule has 0 fully saturated rings. The van der Waals surface area contributed by atoms with Gasteiger partial charge in [0, 0.05) is 32.0 Å². The first-order valence-corrected chi connectivity index (χ1v) is 11.6. The van der Waals surface area contributed by atoms with Crippen molar-refractivity contribution in [1.82, 2.24) is 24.7 Å². The van der Waals surface area contributed by atoms with Gasteiger partial charge in [0.25, 0.3) is 5.95 Å². The molecule has 0 bridgehead atoms. The van der Waals surface area contributed by atoms with Crippen LogP contribution in [-0.4, -0.2) is 41.0 Å². The van der Waals surface area contributed by atoms with Gasteiger partial charge in [0.1, 0.15) is 0 Å². The van der Waals surface area contributed by atoms with Gasteiger partial charge < -0.3 is 10.4 Å². The van der Waals surface area contributed by atoms with Crippen LogP contribution in [0.4, 0.5) is 23.3 Å². The summed E-state index contributed by atoms with van der Waals surface area (Å²) in [5.74, 6) is 0.0649. The molecule has 0 spiro atoms. The van der Waals surface area contributed by atoms with Crippen LogP contribution in [-0.2, 0) is 0 Å². The third-order valence-electron chi connectivity index (χ3n) is 4.57. The zero-order valence-electron chi connectivity index (χ0n) is 18.3. The summed E-state index contributed by atoms with van der Waals surface area (Å²) in [6.45, 7) is 3.73. The van der Waals surface area contributed by atoms with Gasteiger partial charge in [-0.3, -0.25) is 10.1 Å². The van der Waals surface area contributed by atoms with E-state index in [1.54, 1.807) is 4.68 Å². The predicted molar refractivity (Wildman–Crippen MR) is 138 cm³/mol. The zero-order chi connectivity index (χ0) is 25.1. The summed E-state index contributed by atoms with van der Waals surface area (Å²) in [6, 6.07) is 12.0. The minimum Gasteiger partial charge on any atom is -0.502 e. The minimum atomic E-state index is -0.683. The van der Waals surface area contributed by atoms with E-state index in [0.717, 1.165) is 21.5 Å². The number of nitro benzene ring substituents is 1. The molecule has 0 saturated heterocycles. The molecule has 0 amide bonds. The van der Waals surface area contributed by atoms with Crippen molar-refractivity contribution in [2.24, 2.45) is 5.10 Å². The zero-order valence-corrected chi connectivity index (χ0v) is 21.4. The van der Waals surface area contributed by atoms with E-state index in [1.807, 2.05) is 44.2 Å². The van der Waals surface area contributed by atoms with Crippen molar-refractivity contribution in [1.29, 1.82) is 0 Å². The first-order valence-electron chi connectivity index (χ1n) is 9.98. The Labute approximate surface area is 215 Å². The number of phenols is 1. The number of hydrazone groups is 1. The molecule has 2 heterocycles. The van der Waals surface area contributed by atoms with E-state index in [2.05, 4.69) is 67.8 Å². The Morgan fingerprint density at radius 2 is 1.77 bits per heavy atom. The lowest BCUT2D eigenvalue weighted by Gasteiger charge is -2.09. The minimum absolute atomic E-state index is 0.0856. The first kappa shape index (κ1) is 24.2. The molecule has 2 aromatic carbocycles. The Morgan fingerprint density at radius 1 is 1.06 bits per heavy atom. The number of benzene rings is 2. The van der Waals surface area contributed by atoms with Gasteiger partial charge in [-0.25, -0.2) is 10.1 Å². The van der Waals surface area contributed by atoms with Gasteiger partial charge in [0.15, 0.2) is 0 Å². The summed E-state index contributed by atoms with van der Waals surface area (Å²) >= 11 is 6.59. The normalized spacial score (nSPS) is 11.1. The maximum Gasteiger partial charge on any atom is 0.312 e. The van der Waals surface area contributed by atoms with E-state index in [0.29, 0.717) is 4.47 Å². The van der Waals surface area contributed by atoms with E-state index in [1.165, 1.54) is 18.3 Å². The van der Waals surface area contributed by atoms with Crippen LogP contribution in [0.25, 0.3) is 5.95 Å². The Hall–Kier alpha value is -3.91. The molecule has 0 saturated carbocycles. The molecular formula is C21H17Br2N9O3. The quantitative estimate of drug-likeness (QED) is 0.150. The molecule has 35 heavy (non-hydrogen) atoms. The molecule has 0 unspecified atom stereocenters. The molecule has 178 valence electrons. The summed E-state index contributed by atoms with van der Waals surface area (Å²) in [4.78, 5) is 23.6. The lowest BCUT2D eigenvalue weighted by Crippen LogP contribution is -2.11. The summed E-state index contributed by atoms with van der Waals surface area (Å²) in [5, 5.41) is 32.9. The van der Waals surface area contributed by atoms with Gasteiger partial charge in [0.2, 0.25) is 17.6 Å². The lowest BCUT2D eigenvalue weighted by atomic mass is 10.2. The van der Waals surface area contributed by atoms with Crippen LogP contribution in [0.1, 0.15) is 17.0 Å². The smallest absolute Gasteiger partial charge is 0.312 e. The SMILES string of the molecule is Cc1cc(C)n(-c2nc(NN=Cc3cc(Br)cc([N+](=O)[O-])c3O)nc(Nc3ccc(Br)cc3)n2)n1. The third-order valence-corrected chi connectivity index (χ3v) is 5.56. The van der Waals surface area contributed by atoms with Gasteiger partial charge in [0.05, 0.1) is 16.8 Å². The Morgan fingerprint density at radius 3 is 2.43 bits per heavy atom. The number of nitrogens with zero attached hydrogens (tertiary/aromatic N) is 7. The second-order valence-corrected chi connectivity index (χ2v) is 9.07. The van der Waals surface area contributed by atoms with E-state index >= 15 is 0 Å². The van der Waals surface area contributed by atoms with Crippen LogP contribution < -0.4 is 10.7 Å². The highest BCUT2D eigenvalue weighted by Crippen LogP contribution is 2.32. The maximum atomic E-state index is 11.1. The number of nitro groups is 1. The molecule has 12 nitrogen and oxygen atoms in total. The monoisotopic (exact) mass is 601 g/mol. The maximum absolute atomic E-state index is 11.1. The number of halogens is 2. The fraction of sp³-hybridized carbons (Fsp3) is 0.0952. The number of nitrogens with one attached hydrogen (secondary N) is 2. The largest absolute Gasteiger partial charge is 0.502 e. The molecule has 0 radical (unpaired) electrons. The Bertz CT molecular complexity index is 1440. The Balaban J connectivity index is 1.67. The van der Waals surface area contributed by atoms with Crippen LogP contribution in [0.2, 0.25) is 0 Å². The fourth-order valence-corrected chi connectivity index (χ4v) is 3.79. The van der Waals surface area contributed by atoms with Gasteiger partial charge in [-0.05, 0) is 50.2 Å². The van der Waals surface area contributed by atoms with Crippen LogP contribution in [0, 0.1) is 24.0 Å². The van der Waals surface area contributed by atoms with Crippen molar-refractivity contribution in [3.05, 3.63) is 78.5 Å². The topological polar surface area (TPSA) is 156 Å². The van der Waals surface area contributed by atoms with Gasteiger partial charge >= 0.3 is 5.69 Å². The summed E-state index contributed by atoms with van der Waals surface area (Å²) < 4.78 is 2.91. The van der Waals surface area contributed by atoms with Crippen LogP contribution in [0.5, 0.6) is 5.75 Å². The number of aromatic hydroxyl groups is 1. The highest BCUT2D eigenvalue weighted by Gasteiger charge is 2.18. The van der Waals surface area contributed by atoms with Crippen molar-refractivity contribution in [3.63, 3.8) is 0 Å². The lowest BCUT2D eigenvalue weighted by molar-refractivity contribution is -0.385. The molecule has 0 aliphatic rings. The molecule has 2 aromatic heterocycles. The number of hydrogen-bond acceptors (Lipinski definition) is 10. The van der Waals surface area contributed by atoms with E-state index in [9.17, 15) is 15.2 Å². The molecule has 4 rings (SSSR count). The van der Waals surface area contributed by atoms with E-state index < -0.39 is 16.4 Å². The van der Waals surface area contributed by atoms with Crippen LogP contribution in [0.3, 0.4) is 0 Å². The molecule has 0 aliphatic heterocycles. The van der Waals surface area contributed by atoms with Crippen molar-refractivity contribution < 1.29 is 10.0 Å².